The number of hydrogen-bond donors (Lipinski definition) is 2. The van der Waals surface area contributed by atoms with Crippen molar-refractivity contribution in [1.82, 2.24) is 5.43 Å². The molecule has 0 bridgehead atoms. The maximum absolute atomic E-state index is 12.5. The highest BCUT2D eigenvalue weighted by Crippen LogP contribution is 2.29. The third kappa shape index (κ3) is 5.33. The fourth-order valence-corrected chi connectivity index (χ4v) is 1.84. The average molecular weight is 365 g/mol. The predicted molar refractivity (Wildman–Crippen MR) is 88.8 cm³/mol. The van der Waals surface area contributed by atoms with Crippen molar-refractivity contribution < 1.29 is 27.5 Å². The summed E-state index contributed by atoms with van der Waals surface area (Å²) in [5.74, 6) is -1.46. The van der Waals surface area contributed by atoms with Crippen LogP contribution in [0.3, 0.4) is 0 Å². The third-order valence-electron chi connectivity index (χ3n) is 3.17. The SMILES string of the molecule is COc1ccc(/C=N/NC(=O)C(=O)Nc2ccc(C(F)(F)F)cc2)cc1. The summed E-state index contributed by atoms with van der Waals surface area (Å²) < 4.78 is 42.4. The zero-order chi connectivity index (χ0) is 19.2. The summed E-state index contributed by atoms with van der Waals surface area (Å²) in [5.41, 5.74) is 1.88. The molecule has 2 N–H and O–H groups in total. The number of benzene rings is 2. The van der Waals surface area contributed by atoms with Gasteiger partial charge in [-0.3, -0.25) is 9.59 Å². The van der Waals surface area contributed by atoms with Gasteiger partial charge in [0.25, 0.3) is 0 Å². The lowest BCUT2D eigenvalue weighted by Crippen LogP contribution is -2.32. The molecule has 0 radical (unpaired) electrons. The summed E-state index contributed by atoms with van der Waals surface area (Å²) in [6, 6.07) is 10.5. The van der Waals surface area contributed by atoms with Crippen molar-refractivity contribution in [2.45, 2.75) is 6.18 Å². The molecule has 0 unspecified atom stereocenters. The number of carbonyl (C=O) groups is 2. The Morgan fingerprint density at radius 2 is 1.62 bits per heavy atom. The van der Waals surface area contributed by atoms with Gasteiger partial charge in [-0.2, -0.15) is 18.3 Å². The molecule has 0 aliphatic rings. The molecule has 0 fully saturated rings. The van der Waals surface area contributed by atoms with Crippen LogP contribution in [-0.2, 0) is 15.8 Å². The van der Waals surface area contributed by atoms with Gasteiger partial charge >= 0.3 is 18.0 Å². The van der Waals surface area contributed by atoms with E-state index in [9.17, 15) is 22.8 Å². The molecule has 2 amide bonds. The van der Waals surface area contributed by atoms with E-state index in [0.717, 1.165) is 24.3 Å². The third-order valence-corrected chi connectivity index (χ3v) is 3.17. The molecule has 0 atom stereocenters. The van der Waals surface area contributed by atoms with Crippen molar-refractivity contribution in [3.63, 3.8) is 0 Å². The lowest BCUT2D eigenvalue weighted by molar-refractivity contribution is -0.137. The highest BCUT2D eigenvalue weighted by molar-refractivity contribution is 6.39. The smallest absolute Gasteiger partial charge is 0.416 e. The van der Waals surface area contributed by atoms with Crippen LogP contribution in [0.5, 0.6) is 5.75 Å². The molecule has 2 aromatic rings. The molecule has 0 heterocycles. The second-order valence-electron chi connectivity index (χ2n) is 5.00. The average Bonchev–Trinajstić information content (AvgIpc) is 2.62. The van der Waals surface area contributed by atoms with Crippen LogP contribution in [0.15, 0.2) is 53.6 Å². The Hall–Kier alpha value is -3.36. The quantitative estimate of drug-likeness (QED) is 0.497. The maximum Gasteiger partial charge on any atom is 0.416 e. The zero-order valence-corrected chi connectivity index (χ0v) is 13.5. The van der Waals surface area contributed by atoms with E-state index in [1.165, 1.54) is 13.3 Å². The van der Waals surface area contributed by atoms with E-state index >= 15 is 0 Å². The summed E-state index contributed by atoms with van der Waals surface area (Å²) in [5, 5.41) is 5.81. The molecule has 136 valence electrons. The van der Waals surface area contributed by atoms with E-state index in [0.29, 0.717) is 11.3 Å². The van der Waals surface area contributed by atoms with Gasteiger partial charge in [0.2, 0.25) is 0 Å². The van der Waals surface area contributed by atoms with Crippen LogP contribution >= 0.6 is 0 Å². The molecule has 9 heteroatoms. The summed E-state index contributed by atoms with van der Waals surface area (Å²) >= 11 is 0. The first-order chi connectivity index (χ1) is 12.3. The fourth-order valence-electron chi connectivity index (χ4n) is 1.84. The fraction of sp³-hybridized carbons (Fsp3) is 0.118. The topological polar surface area (TPSA) is 79.8 Å². The molecule has 0 aliphatic carbocycles. The van der Waals surface area contributed by atoms with Gasteiger partial charge in [0, 0.05) is 5.69 Å². The number of rotatable bonds is 4. The van der Waals surface area contributed by atoms with Gasteiger partial charge in [0.05, 0.1) is 18.9 Å². The second kappa shape index (κ2) is 8.15. The molecule has 0 aromatic heterocycles. The number of nitrogens with one attached hydrogen (secondary N) is 2. The van der Waals surface area contributed by atoms with Crippen LogP contribution in [-0.4, -0.2) is 25.1 Å². The van der Waals surface area contributed by atoms with Crippen LogP contribution in [0.4, 0.5) is 18.9 Å². The minimum atomic E-state index is -4.48. The lowest BCUT2D eigenvalue weighted by Gasteiger charge is -2.08. The molecule has 0 aliphatic heterocycles. The summed E-state index contributed by atoms with van der Waals surface area (Å²) in [6.07, 6.45) is -3.15. The molecule has 0 saturated heterocycles. The van der Waals surface area contributed by atoms with Crippen LogP contribution in [0, 0.1) is 0 Å². The molecule has 2 rings (SSSR count). The number of anilines is 1. The number of ether oxygens (including phenoxy) is 1. The highest BCUT2D eigenvalue weighted by Gasteiger charge is 2.30. The summed E-state index contributed by atoms with van der Waals surface area (Å²) in [4.78, 5) is 23.3. The lowest BCUT2D eigenvalue weighted by atomic mass is 10.2. The summed E-state index contributed by atoms with van der Waals surface area (Å²) in [6.45, 7) is 0. The van der Waals surface area contributed by atoms with E-state index in [-0.39, 0.29) is 5.69 Å². The Balaban J connectivity index is 1.88. The Morgan fingerprint density at radius 3 is 2.15 bits per heavy atom. The number of halogens is 3. The van der Waals surface area contributed by atoms with E-state index < -0.39 is 23.6 Å². The molecule has 0 spiro atoms. The zero-order valence-electron chi connectivity index (χ0n) is 13.5. The standard InChI is InChI=1S/C17H14F3N3O3/c1-26-14-8-2-11(3-9-14)10-21-23-16(25)15(24)22-13-6-4-12(5-7-13)17(18,19)20/h2-10H,1H3,(H,22,24)(H,23,25)/b21-10+. The van der Waals surface area contributed by atoms with Crippen molar-refractivity contribution in [3.8, 4) is 5.75 Å². The highest BCUT2D eigenvalue weighted by atomic mass is 19.4. The van der Waals surface area contributed by atoms with E-state index in [4.69, 9.17) is 4.74 Å². The van der Waals surface area contributed by atoms with Crippen molar-refractivity contribution in [2.75, 3.05) is 12.4 Å². The normalized spacial score (nSPS) is 11.2. The molecular weight excluding hydrogens is 351 g/mol. The van der Waals surface area contributed by atoms with Gasteiger partial charge in [-0.25, -0.2) is 5.43 Å². The number of amides is 2. The number of nitrogens with zero attached hydrogens (tertiary/aromatic N) is 1. The number of alkyl halides is 3. The minimum Gasteiger partial charge on any atom is -0.497 e. The minimum absolute atomic E-state index is 0.0530. The van der Waals surface area contributed by atoms with Crippen LogP contribution in [0.1, 0.15) is 11.1 Å². The van der Waals surface area contributed by atoms with Crippen LogP contribution < -0.4 is 15.5 Å². The molecular formula is C17H14F3N3O3. The maximum atomic E-state index is 12.5. The van der Waals surface area contributed by atoms with Crippen molar-refractivity contribution >= 4 is 23.7 Å². The second-order valence-corrected chi connectivity index (χ2v) is 5.00. The van der Waals surface area contributed by atoms with Gasteiger partial charge in [-0.1, -0.05) is 0 Å². The Labute approximate surface area is 146 Å². The van der Waals surface area contributed by atoms with Crippen LogP contribution in [0.2, 0.25) is 0 Å². The van der Waals surface area contributed by atoms with Gasteiger partial charge in [-0.05, 0) is 54.1 Å². The van der Waals surface area contributed by atoms with Crippen LogP contribution in [0.25, 0.3) is 0 Å². The number of carbonyl (C=O) groups excluding carboxylic acids is 2. The monoisotopic (exact) mass is 365 g/mol. The molecule has 2 aromatic carbocycles. The van der Waals surface area contributed by atoms with E-state index in [1.807, 2.05) is 5.43 Å². The van der Waals surface area contributed by atoms with E-state index in [2.05, 4.69) is 10.4 Å². The van der Waals surface area contributed by atoms with Gasteiger partial charge in [0.15, 0.2) is 0 Å². The Morgan fingerprint density at radius 1 is 1.00 bits per heavy atom. The van der Waals surface area contributed by atoms with Crippen molar-refractivity contribution in [3.05, 3.63) is 59.7 Å². The number of hydrazone groups is 1. The largest absolute Gasteiger partial charge is 0.497 e. The Kier molecular flexibility index (Phi) is 5.94. The van der Waals surface area contributed by atoms with Crippen molar-refractivity contribution in [1.29, 1.82) is 0 Å². The van der Waals surface area contributed by atoms with E-state index in [1.54, 1.807) is 24.3 Å². The van der Waals surface area contributed by atoms with Gasteiger partial charge < -0.3 is 10.1 Å². The van der Waals surface area contributed by atoms with Gasteiger partial charge in [-0.15, -0.1) is 0 Å². The molecule has 0 saturated carbocycles. The van der Waals surface area contributed by atoms with Gasteiger partial charge in [0.1, 0.15) is 5.75 Å². The first-order valence-corrected chi connectivity index (χ1v) is 7.25. The Bertz CT molecular complexity index is 801. The first kappa shape index (κ1) is 19.0. The van der Waals surface area contributed by atoms with Crippen molar-refractivity contribution in [2.24, 2.45) is 5.10 Å². The summed E-state index contributed by atoms with van der Waals surface area (Å²) in [7, 11) is 1.53. The number of hydrogen-bond acceptors (Lipinski definition) is 4. The predicted octanol–water partition coefficient (Wildman–Crippen LogP) is 2.80. The first-order valence-electron chi connectivity index (χ1n) is 7.25. The number of methoxy groups -OCH3 is 1. The molecule has 6 nitrogen and oxygen atoms in total. The molecule has 26 heavy (non-hydrogen) atoms.